The van der Waals surface area contributed by atoms with Crippen LogP contribution in [0.1, 0.15) is 0 Å². The molecule has 1 rings (SSSR count). The Hall–Kier alpha value is -1.25. The number of hydrogen-bond donors (Lipinski definition) is 0. The molecule has 12 heavy (non-hydrogen) atoms. The third-order valence-electron chi connectivity index (χ3n) is 1.70. The van der Waals surface area contributed by atoms with Crippen molar-refractivity contribution in [2.75, 3.05) is 38.0 Å². The molecule has 0 fully saturated rings. The molecule has 3 heteroatoms. The Morgan fingerprint density at radius 1 is 1.08 bits per heavy atom. The second-order valence-electron chi connectivity index (χ2n) is 3.16. The Morgan fingerprint density at radius 3 is 2.25 bits per heavy atom. The molecule has 66 valence electrons. The van der Waals surface area contributed by atoms with Crippen LogP contribution in [0.15, 0.2) is 18.3 Å². The van der Waals surface area contributed by atoms with Crippen molar-refractivity contribution in [3.63, 3.8) is 0 Å². The predicted molar refractivity (Wildman–Crippen MR) is 52.9 cm³/mol. The number of anilines is 2. The smallest absolute Gasteiger partial charge is 0.130 e. The van der Waals surface area contributed by atoms with Crippen LogP contribution in [0, 0.1) is 0 Å². The molecule has 0 aliphatic rings. The van der Waals surface area contributed by atoms with Crippen LogP contribution in [0.4, 0.5) is 11.5 Å². The Bertz CT molecular complexity index is 232. The molecule has 0 bridgehead atoms. The number of hydrogen-bond acceptors (Lipinski definition) is 3. The van der Waals surface area contributed by atoms with Crippen molar-refractivity contribution in [1.29, 1.82) is 0 Å². The van der Waals surface area contributed by atoms with Crippen LogP contribution in [-0.4, -0.2) is 33.2 Å². The van der Waals surface area contributed by atoms with Gasteiger partial charge < -0.3 is 9.80 Å². The zero-order chi connectivity index (χ0) is 9.14. The van der Waals surface area contributed by atoms with Gasteiger partial charge in [0, 0.05) is 46.1 Å². The maximum absolute atomic E-state index is 4.22. The summed E-state index contributed by atoms with van der Waals surface area (Å²) < 4.78 is 0. The summed E-state index contributed by atoms with van der Waals surface area (Å²) in [7, 11) is 8.02. The normalized spacial score (nSPS) is 9.67. The molecule has 1 aromatic rings. The molecular weight excluding hydrogens is 150 g/mol. The molecule has 0 radical (unpaired) electrons. The Kier molecular flexibility index (Phi) is 2.53. The average Bonchev–Trinajstić information content (AvgIpc) is 2.04. The highest BCUT2D eigenvalue weighted by atomic mass is 15.1. The second kappa shape index (κ2) is 3.43. The largest absolute Gasteiger partial charge is 0.378 e. The van der Waals surface area contributed by atoms with E-state index >= 15 is 0 Å². The molecule has 0 spiro atoms. The maximum Gasteiger partial charge on any atom is 0.130 e. The molecule has 0 amide bonds. The first-order valence-electron chi connectivity index (χ1n) is 3.92. The molecule has 0 aliphatic carbocycles. The molecular formula is C9H15N3. The van der Waals surface area contributed by atoms with E-state index < -0.39 is 0 Å². The molecule has 0 saturated heterocycles. The maximum atomic E-state index is 4.22. The van der Waals surface area contributed by atoms with E-state index in [2.05, 4.69) is 16.0 Å². The zero-order valence-electron chi connectivity index (χ0n) is 8.07. The van der Waals surface area contributed by atoms with E-state index in [1.165, 1.54) is 5.69 Å². The topological polar surface area (TPSA) is 19.4 Å². The molecule has 1 aromatic heterocycles. The number of nitrogens with zero attached hydrogens (tertiary/aromatic N) is 3. The van der Waals surface area contributed by atoms with Gasteiger partial charge in [0.2, 0.25) is 0 Å². The first-order valence-corrected chi connectivity index (χ1v) is 3.92. The molecule has 0 saturated carbocycles. The minimum absolute atomic E-state index is 0.987. The van der Waals surface area contributed by atoms with Crippen LogP contribution in [0.2, 0.25) is 0 Å². The number of aromatic nitrogens is 1. The summed E-state index contributed by atoms with van der Waals surface area (Å²) in [4.78, 5) is 8.28. The second-order valence-corrected chi connectivity index (χ2v) is 3.16. The third kappa shape index (κ3) is 1.87. The minimum Gasteiger partial charge on any atom is -0.378 e. The third-order valence-corrected chi connectivity index (χ3v) is 1.70. The average molecular weight is 165 g/mol. The van der Waals surface area contributed by atoms with E-state index in [-0.39, 0.29) is 0 Å². The summed E-state index contributed by atoms with van der Waals surface area (Å²) in [5.41, 5.74) is 1.17. The van der Waals surface area contributed by atoms with E-state index in [4.69, 9.17) is 0 Å². The van der Waals surface area contributed by atoms with Crippen LogP contribution in [-0.2, 0) is 0 Å². The van der Waals surface area contributed by atoms with Crippen LogP contribution < -0.4 is 9.80 Å². The summed E-state index contributed by atoms with van der Waals surface area (Å²) in [6.07, 6.45) is 1.82. The van der Waals surface area contributed by atoms with Gasteiger partial charge in [-0.3, -0.25) is 0 Å². The van der Waals surface area contributed by atoms with Crippen LogP contribution >= 0.6 is 0 Å². The highest BCUT2D eigenvalue weighted by Gasteiger charge is 1.99. The number of rotatable bonds is 2. The summed E-state index contributed by atoms with van der Waals surface area (Å²) in [5, 5.41) is 0. The fourth-order valence-electron chi connectivity index (χ4n) is 0.930. The Morgan fingerprint density at radius 2 is 1.75 bits per heavy atom. The Balaban J connectivity index is 2.96. The van der Waals surface area contributed by atoms with Crippen molar-refractivity contribution in [3.05, 3.63) is 18.3 Å². The highest BCUT2D eigenvalue weighted by molar-refractivity contribution is 5.53. The van der Waals surface area contributed by atoms with Gasteiger partial charge in [0.1, 0.15) is 5.82 Å². The van der Waals surface area contributed by atoms with Crippen molar-refractivity contribution < 1.29 is 0 Å². The van der Waals surface area contributed by atoms with Gasteiger partial charge in [-0.1, -0.05) is 0 Å². The lowest BCUT2D eigenvalue weighted by molar-refractivity contribution is 1.05. The summed E-state index contributed by atoms with van der Waals surface area (Å²) in [6, 6.07) is 4.05. The minimum atomic E-state index is 0.987. The summed E-state index contributed by atoms with van der Waals surface area (Å²) in [6.45, 7) is 0. The van der Waals surface area contributed by atoms with Crippen LogP contribution in [0.25, 0.3) is 0 Å². The van der Waals surface area contributed by atoms with Gasteiger partial charge in [0.05, 0.1) is 0 Å². The van der Waals surface area contributed by atoms with Gasteiger partial charge in [0.25, 0.3) is 0 Å². The van der Waals surface area contributed by atoms with Crippen molar-refractivity contribution in [2.24, 2.45) is 0 Å². The van der Waals surface area contributed by atoms with E-state index in [9.17, 15) is 0 Å². The molecule has 0 unspecified atom stereocenters. The van der Waals surface area contributed by atoms with Gasteiger partial charge in [0.15, 0.2) is 0 Å². The van der Waals surface area contributed by atoms with Crippen LogP contribution in [0.3, 0.4) is 0 Å². The van der Waals surface area contributed by atoms with Crippen molar-refractivity contribution in [2.45, 2.75) is 0 Å². The van der Waals surface area contributed by atoms with Gasteiger partial charge in [-0.15, -0.1) is 0 Å². The molecule has 0 atom stereocenters. The molecule has 3 nitrogen and oxygen atoms in total. The SMILES string of the molecule is CN(C)c1ccnc(N(C)C)c1. The molecule has 0 aliphatic heterocycles. The Labute approximate surface area is 73.6 Å². The zero-order valence-corrected chi connectivity index (χ0v) is 8.07. The van der Waals surface area contributed by atoms with Crippen molar-refractivity contribution >= 4 is 11.5 Å². The summed E-state index contributed by atoms with van der Waals surface area (Å²) >= 11 is 0. The molecule has 0 aromatic carbocycles. The van der Waals surface area contributed by atoms with Gasteiger partial charge >= 0.3 is 0 Å². The van der Waals surface area contributed by atoms with E-state index in [1.807, 2.05) is 45.4 Å². The van der Waals surface area contributed by atoms with Gasteiger partial charge in [-0.25, -0.2) is 4.98 Å². The monoisotopic (exact) mass is 165 g/mol. The van der Waals surface area contributed by atoms with Gasteiger partial charge in [-0.05, 0) is 6.07 Å². The van der Waals surface area contributed by atoms with E-state index in [1.54, 1.807) is 0 Å². The first-order chi connectivity index (χ1) is 5.61. The fourth-order valence-corrected chi connectivity index (χ4v) is 0.930. The standard InChI is InChI=1S/C9H15N3/c1-11(2)8-5-6-10-9(7-8)12(3)4/h5-7H,1-4H3. The predicted octanol–water partition coefficient (Wildman–Crippen LogP) is 1.21. The molecule has 0 N–H and O–H groups in total. The van der Waals surface area contributed by atoms with E-state index in [0.29, 0.717) is 0 Å². The van der Waals surface area contributed by atoms with Crippen molar-refractivity contribution in [3.8, 4) is 0 Å². The lowest BCUT2D eigenvalue weighted by Gasteiger charge is -2.16. The number of pyridine rings is 1. The van der Waals surface area contributed by atoms with Crippen molar-refractivity contribution in [1.82, 2.24) is 4.98 Å². The highest BCUT2D eigenvalue weighted by Crippen LogP contribution is 2.15. The lowest BCUT2D eigenvalue weighted by Crippen LogP contribution is -2.13. The van der Waals surface area contributed by atoms with Gasteiger partial charge in [-0.2, -0.15) is 0 Å². The fraction of sp³-hybridized carbons (Fsp3) is 0.444. The summed E-state index contributed by atoms with van der Waals surface area (Å²) in [5.74, 6) is 0.987. The molecule has 1 heterocycles. The quantitative estimate of drug-likeness (QED) is 0.656. The van der Waals surface area contributed by atoms with E-state index in [0.717, 1.165) is 5.82 Å². The van der Waals surface area contributed by atoms with Crippen LogP contribution in [0.5, 0.6) is 0 Å². The lowest BCUT2D eigenvalue weighted by atomic mass is 10.3. The first kappa shape index (κ1) is 8.84.